The maximum atomic E-state index is 11.8. The number of anilines is 1. The number of nitrogens with one attached hydrogen (secondary N) is 1. The van der Waals surface area contributed by atoms with Crippen LogP contribution in [0.3, 0.4) is 0 Å². The van der Waals surface area contributed by atoms with E-state index < -0.39 is 0 Å². The lowest BCUT2D eigenvalue weighted by Gasteiger charge is -2.17. The summed E-state index contributed by atoms with van der Waals surface area (Å²) in [5, 5.41) is 2.93. The summed E-state index contributed by atoms with van der Waals surface area (Å²) >= 11 is 0. The average Bonchev–Trinajstić information content (AvgIpc) is 2.31. The first-order chi connectivity index (χ1) is 8.06. The van der Waals surface area contributed by atoms with Crippen LogP contribution in [0.5, 0.6) is 0 Å². The number of likely N-dealkylation sites (N-methyl/N-ethyl adjacent to an activating group) is 1. The quantitative estimate of drug-likeness (QED) is 0.892. The Hall–Kier alpha value is -1.06. The van der Waals surface area contributed by atoms with Crippen LogP contribution in [0, 0.1) is 13.8 Å². The van der Waals surface area contributed by atoms with Gasteiger partial charge in [0.25, 0.3) is 0 Å². The standard InChI is InChI=1S/C14H22N2O.ClH/c1-5-16(6-2)10-14(17)15-13-8-7-11(3)12(4)9-13;/h7-9H,5-6,10H2,1-4H3,(H,15,17);1H. The van der Waals surface area contributed by atoms with Crippen molar-refractivity contribution in [3.8, 4) is 0 Å². The summed E-state index contributed by atoms with van der Waals surface area (Å²) in [5.41, 5.74) is 3.32. The van der Waals surface area contributed by atoms with Gasteiger partial charge in [-0.05, 0) is 50.2 Å². The molecule has 1 amide bonds. The van der Waals surface area contributed by atoms with Crippen LogP contribution in [0.25, 0.3) is 0 Å². The first-order valence-electron chi connectivity index (χ1n) is 6.16. The monoisotopic (exact) mass is 270 g/mol. The highest BCUT2D eigenvalue weighted by atomic mass is 35.5. The summed E-state index contributed by atoms with van der Waals surface area (Å²) in [6.45, 7) is 10.5. The van der Waals surface area contributed by atoms with Gasteiger partial charge >= 0.3 is 0 Å². The summed E-state index contributed by atoms with van der Waals surface area (Å²) < 4.78 is 0. The zero-order valence-electron chi connectivity index (χ0n) is 11.6. The molecule has 3 nitrogen and oxygen atoms in total. The van der Waals surface area contributed by atoms with Gasteiger partial charge in [-0.15, -0.1) is 12.4 Å². The molecule has 0 aliphatic carbocycles. The third-order valence-electron chi connectivity index (χ3n) is 3.05. The fourth-order valence-corrected chi connectivity index (χ4v) is 1.67. The molecule has 102 valence electrons. The maximum absolute atomic E-state index is 11.8. The Balaban J connectivity index is 0.00000289. The topological polar surface area (TPSA) is 32.3 Å². The number of benzene rings is 1. The number of hydrogen-bond donors (Lipinski definition) is 1. The predicted molar refractivity (Wildman–Crippen MR) is 79.6 cm³/mol. The van der Waals surface area contributed by atoms with Gasteiger partial charge < -0.3 is 5.32 Å². The van der Waals surface area contributed by atoms with Crippen molar-refractivity contribution in [1.29, 1.82) is 0 Å². The lowest BCUT2D eigenvalue weighted by atomic mass is 10.1. The van der Waals surface area contributed by atoms with E-state index in [1.54, 1.807) is 0 Å². The molecule has 0 aromatic heterocycles. The highest BCUT2D eigenvalue weighted by Crippen LogP contribution is 2.13. The molecule has 0 spiro atoms. The van der Waals surface area contributed by atoms with Crippen LogP contribution in [-0.4, -0.2) is 30.4 Å². The number of hydrogen-bond acceptors (Lipinski definition) is 2. The van der Waals surface area contributed by atoms with E-state index in [0.29, 0.717) is 6.54 Å². The Labute approximate surface area is 116 Å². The van der Waals surface area contributed by atoms with Crippen molar-refractivity contribution < 1.29 is 4.79 Å². The normalized spacial score (nSPS) is 10.1. The Morgan fingerprint density at radius 2 is 1.78 bits per heavy atom. The highest BCUT2D eigenvalue weighted by Gasteiger charge is 2.07. The molecule has 0 atom stereocenters. The van der Waals surface area contributed by atoms with Gasteiger partial charge in [-0.25, -0.2) is 0 Å². The summed E-state index contributed by atoms with van der Waals surface area (Å²) in [5.74, 6) is 0.0527. The molecule has 0 radical (unpaired) electrons. The van der Waals surface area contributed by atoms with Crippen molar-refractivity contribution in [2.24, 2.45) is 0 Å². The van der Waals surface area contributed by atoms with Gasteiger partial charge in [-0.2, -0.15) is 0 Å². The molecule has 0 bridgehead atoms. The fraction of sp³-hybridized carbons (Fsp3) is 0.500. The van der Waals surface area contributed by atoms with E-state index in [1.807, 2.05) is 18.2 Å². The first kappa shape index (κ1) is 16.9. The van der Waals surface area contributed by atoms with E-state index in [4.69, 9.17) is 0 Å². The number of rotatable bonds is 5. The van der Waals surface area contributed by atoms with Gasteiger partial charge in [0.1, 0.15) is 0 Å². The third-order valence-corrected chi connectivity index (χ3v) is 3.05. The molecule has 0 aliphatic heterocycles. The number of amides is 1. The molecule has 18 heavy (non-hydrogen) atoms. The van der Waals surface area contributed by atoms with Gasteiger partial charge in [0.05, 0.1) is 6.54 Å². The minimum atomic E-state index is 0. The second-order valence-corrected chi connectivity index (χ2v) is 4.31. The Morgan fingerprint density at radius 1 is 1.17 bits per heavy atom. The van der Waals surface area contributed by atoms with Crippen molar-refractivity contribution >= 4 is 24.0 Å². The van der Waals surface area contributed by atoms with Gasteiger partial charge in [0.2, 0.25) is 5.91 Å². The zero-order chi connectivity index (χ0) is 12.8. The predicted octanol–water partition coefficient (Wildman–Crippen LogP) is 3.01. The number of carbonyl (C=O) groups excluding carboxylic acids is 1. The van der Waals surface area contributed by atoms with Crippen LogP contribution in [0.15, 0.2) is 18.2 Å². The van der Waals surface area contributed by atoms with Crippen LogP contribution in [0.4, 0.5) is 5.69 Å². The number of nitrogens with zero attached hydrogens (tertiary/aromatic N) is 1. The molecule has 1 rings (SSSR count). The molecule has 4 heteroatoms. The van der Waals surface area contributed by atoms with E-state index in [-0.39, 0.29) is 18.3 Å². The molecule has 0 fully saturated rings. The van der Waals surface area contributed by atoms with E-state index >= 15 is 0 Å². The van der Waals surface area contributed by atoms with Crippen molar-refractivity contribution in [2.45, 2.75) is 27.7 Å². The summed E-state index contributed by atoms with van der Waals surface area (Å²) in [6, 6.07) is 5.99. The molecule has 1 aromatic carbocycles. The van der Waals surface area contributed by atoms with Gasteiger partial charge in [0.15, 0.2) is 0 Å². The molecule has 0 saturated heterocycles. The molecule has 1 N–H and O–H groups in total. The second kappa shape index (κ2) is 8.11. The van der Waals surface area contributed by atoms with Gasteiger partial charge in [-0.1, -0.05) is 19.9 Å². The molecular weight excluding hydrogens is 248 g/mol. The average molecular weight is 271 g/mol. The summed E-state index contributed by atoms with van der Waals surface area (Å²) in [4.78, 5) is 13.9. The number of halogens is 1. The Bertz CT molecular complexity index is 389. The molecule has 0 saturated carbocycles. The van der Waals surface area contributed by atoms with E-state index in [1.165, 1.54) is 11.1 Å². The van der Waals surface area contributed by atoms with Crippen LogP contribution >= 0.6 is 12.4 Å². The van der Waals surface area contributed by atoms with Crippen molar-refractivity contribution in [3.63, 3.8) is 0 Å². The largest absolute Gasteiger partial charge is 0.325 e. The minimum Gasteiger partial charge on any atom is -0.325 e. The second-order valence-electron chi connectivity index (χ2n) is 4.31. The van der Waals surface area contributed by atoms with E-state index in [2.05, 4.69) is 37.9 Å². The third kappa shape index (κ3) is 5.07. The minimum absolute atomic E-state index is 0. The smallest absolute Gasteiger partial charge is 0.238 e. The van der Waals surface area contributed by atoms with Crippen LogP contribution in [0.2, 0.25) is 0 Å². The number of aryl methyl sites for hydroxylation is 2. The molecular formula is C14H23ClN2O. The van der Waals surface area contributed by atoms with Crippen LogP contribution in [-0.2, 0) is 4.79 Å². The van der Waals surface area contributed by atoms with Crippen LogP contribution in [0.1, 0.15) is 25.0 Å². The Kier molecular flexibility index (Phi) is 7.64. The van der Waals surface area contributed by atoms with E-state index in [9.17, 15) is 4.79 Å². The van der Waals surface area contributed by atoms with Gasteiger partial charge in [-0.3, -0.25) is 9.69 Å². The highest BCUT2D eigenvalue weighted by molar-refractivity contribution is 5.92. The van der Waals surface area contributed by atoms with E-state index in [0.717, 1.165) is 18.8 Å². The zero-order valence-corrected chi connectivity index (χ0v) is 12.4. The van der Waals surface area contributed by atoms with Crippen LogP contribution < -0.4 is 5.32 Å². The lowest BCUT2D eigenvalue weighted by molar-refractivity contribution is -0.117. The molecule has 0 unspecified atom stereocenters. The van der Waals surface area contributed by atoms with Gasteiger partial charge in [0, 0.05) is 5.69 Å². The SMILES string of the molecule is CCN(CC)CC(=O)Nc1ccc(C)c(C)c1.Cl. The number of carbonyl (C=O) groups is 1. The lowest BCUT2D eigenvalue weighted by Crippen LogP contribution is -2.32. The summed E-state index contributed by atoms with van der Waals surface area (Å²) in [6.07, 6.45) is 0. The van der Waals surface area contributed by atoms with Crippen molar-refractivity contribution in [1.82, 2.24) is 4.90 Å². The first-order valence-corrected chi connectivity index (χ1v) is 6.16. The molecule has 0 heterocycles. The molecule has 1 aromatic rings. The summed E-state index contributed by atoms with van der Waals surface area (Å²) in [7, 11) is 0. The van der Waals surface area contributed by atoms with Crippen molar-refractivity contribution in [2.75, 3.05) is 25.0 Å². The maximum Gasteiger partial charge on any atom is 0.238 e. The fourth-order valence-electron chi connectivity index (χ4n) is 1.67. The van der Waals surface area contributed by atoms with Crippen molar-refractivity contribution in [3.05, 3.63) is 29.3 Å². The molecule has 0 aliphatic rings. The Morgan fingerprint density at radius 3 is 2.28 bits per heavy atom.